The van der Waals surface area contributed by atoms with Crippen LogP contribution in [-0.2, 0) is 16.3 Å². The molecule has 2 rings (SSSR count). The standard InChI is InChI=1S/C12H18BNO3/c1-11(2)12(3,4)17-13(16-11)9-6-7-10(15)14(5)8-9/h6-8H,1-5H3/i5D3,6D,7D,8D. The molecule has 17 heavy (non-hydrogen) atoms. The fourth-order valence-corrected chi connectivity index (χ4v) is 1.45. The molecule has 0 unspecified atom stereocenters. The molecule has 2 heterocycles. The van der Waals surface area contributed by atoms with Crippen LogP contribution >= 0.6 is 0 Å². The molecule has 92 valence electrons. The summed E-state index contributed by atoms with van der Waals surface area (Å²) in [5.41, 5.74) is -2.97. The van der Waals surface area contributed by atoms with Crippen molar-refractivity contribution in [3.63, 3.8) is 0 Å². The lowest BCUT2D eigenvalue weighted by Gasteiger charge is -2.32. The van der Waals surface area contributed by atoms with Crippen LogP contribution in [0.3, 0.4) is 0 Å². The van der Waals surface area contributed by atoms with Crippen molar-refractivity contribution < 1.29 is 17.5 Å². The van der Waals surface area contributed by atoms with Crippen molar-refractivity contribution in [3.8, 4) is 0 Å². The van der Waals surface area contributed by atoms with Gasteiger partial charge in [-0.25, -0.2) is 0 Å². The molecular formula is C12H18BNO3. The molecule has 0 amide bonds. The molecule has 1 aliphatic rings. The number of hydrogen-bond acceptors (Lipinski definition) is 3. The van der Waals surface area contributed by atoms with E-state index in [9.17, 15) is 4.79 Å². The molecule has 0 bridgehead atoms. The fraction of sp³-hybridized carbons (Fsp3) is 0.583. The zero-order valence-electron chi connectivity index (χ0n) is 16.2. The van der Waals surface area contributed by atoms with Gasteiger partial charge in [0, 0.05) is 23.3 Å². The van der Waals surface area contributed by atoms with Gasteiger partial charge >= 0.3 is 7.12 Å². The highest BCUT2D eigenvalue weighted by Crippen LogP contribution is 2.36. The molecule has 4 nitrogen and oxygen atoms in total. The zero-order valence-corrected chi connectivity index (χ0v) is 10.2. The molecule has 1 aliphatic heterocycles. The van der Waals surface area contributed by atoms with Crippen LogP contribution in [0.1, 0.15) is 35.9 Å². The fourth-order valence-electron chi connectivity index (χ4n) is 1.45. The van der Waals surface area contributed by atoms with Crippen molar-refractivity contribution in [2.75, 3.05) is 0 Å². The third kappa shape index (κ3) is 2.05. The first-order valence-electron chi connectivity index (χ1n) is 8.29. The highest BCUT2D eigenvalue weighted by atomic mass is 16.7. The molecule has 5 heteroatoms. The minimum absolute atomic E-state index is 0.216. The lowest BCUT2D eigenvalue weighted by atomic mass is 9.80. The van der Waals surface area contributed by atoms with Crippen LogP contribution in [0.15, 0.2) is 23.1 Å². The van der Waals surface area contributed by atoms with Crippen molar-refractivity contribution in [2.24, 2.45) is 6.98 Å². The second-order valence-electron chi connectivity index (χ2n) is 5.00. The third-order valence-corrected chi connectivity index (χ3v) is 3.23. The van der Waals surface area contributed by atoms with Gasteiger partial charge in [0.25, 0.3) is 0 Å². The maximum Gasteiger partial charge on any atom is 0.496 e. The summed E-state index contributed by atoms with van der Waals surface area (Å²) in [6.45, 7) is 4.13. The van der Waals surface area contributed by atoms with E-state index in [0.717, 1.165) is 0 Å². The van der Waals surface area contributed by atoms with Gasteiger partial charge < -0.3 is 13.9 Å². The molecule has 0 aromatic carbocycles. The molecule has 1 fully saturated rings. The van der Waals surface area contributed by atoms with Crippen LogP contribution in [0.4, 0.5) is 0 Å². The summed E-state index contributed by atoms with van der Waals surface area (Å²) < 4.78 is 57.5. The van der Waals surface area contributed by atoms with Gasteiger partial charge in [-0.05, 0) is 33.2 Å². The second-order valence-corrected chi connectivity index (χ2v) is 5.00. The Morgan fingerprint density at radius 3 is 2.41 bits per heavy atom. The normalized spacial score (nSPS) is 27.6. The highest BCUT2D eigenvalue weighted by molar-refractivity contribution is 6.62. The number of aromatic nitrogens is 1. The first-order chi connectivity index (χ1) is 10.2. The second kappa shape index (κ2) is 3.72. The largest absolute Gasteiger partial charge is 0.496 e. The highest BCUT2D eigenvalue weighted by Gasteiger charge is 2.51. The van der Waals surface area contributed by atoms with E-state index in [4.69, 9.17) is 17.5 Å². The molecule has 1 aromatic heterocycles. The van der Waals surface area contributed by atoms with Crippen molar-refractivity contribution in [2.45, 2.75) is 38.9 Å². The summed E-state index contributed by atoms with van der Waals surface area (Å²) >= 11 is 0. The van der Waals surface area contributed by atoms with Crippen LogP contribution in [-0.4, -0.2) is 22.9 Å². The van der Waals surface area contributed by atoms with Crippen molar-refractivity contribution >= 4 is 12.6 Å². The summed E-state index contributed by atoms with van der Waals surface area (Å²) in [5, 5.41) is 0. The molecule has 0 spiro atoms. The first-order valence-corrected chi connectivity index (χ1v) is 5.29. The molecular weight excluding hydrogens is 217 g/mol. The van der Waals surface area contributed by atoms with Gasteiger partial charge in [-0.15, -0.1) is 0 Å². The summed E-state index contributed by atoms with van der Waals surface area (Å²) in [6.07, 6.45) is -0.700. The summed E-state index contributed by atoms with van der Waals surface area (Å²) in [5.74, 6) is 0. The Labute approximate surface area is 110 Å². The van der Waals surface area contributed by atoms with Gasteiger partial charge in [0.15, 0.2) is 0 Å². The maximum absolute atomic E-state index is 12.0. The Morgan fingerprint density at radius 2 is 1.88 bits per heavy atom. The minimum Gasteiger partial charge on any atom is -0.399 e. The number of hydrogen-bond donors (Lipinski definition) is 0. The van der Waals surface area contributed by atoms with Gasteiger partial charge in [-0.2, -0.15) is 0 Å². The summed E-state index contributed by atoms with van der Waals surface area (Å²) in [4.78, 5) is 12.0. The average molecular weight is 241 g/mol. The number of nitrogens with zero attached hydrogens (tertiary/aromatic N) is 1. The van der Waals surface area contributed by atoms with E-state index in [2.05, 4.69) is 0 Å². The number of pyridine rings is 1. The predicted octanol–water partition coefficient (Wildman–Crippen LogP) is 0.685. The summed E-state index contributed by atoms with van der Waals surface area (Å²) in [6, 6.07) is -1.36. The Bertz CT molecular complexity index is 696. The Balaban J connectivity index is 2.71. The van der Waals surface area contributed by atoms with Crippen LogP contribution in [0.25, 0.3) is 0 Å². The van der Waals surface area contributed by atoms with Gasteiger partial charge in [0.1, 0.15) is 0 Å². The van der Waals surface area contributed by atoms with Crippen molar-refractivity contribution in [1.29, 1.82) is 0 Å². The quantitative estimate of drug-likeness (QED) is 0.679. The van der Waals surface area contributed by atoms with Gasteiger partial charge in [0.2, 0.25) is 5.56 Å². The van der Waals surface area contributed by atoms with E-state index in [-0.39, 0.29) is 10.0 Å². The Hall–Kier alpha value is -1.07. The van der Waals surface area contributed by atoms with E-state index in [1.165, 1.54) is 0 Å². The van der Waals surface area contributed by atoms with Crippen LogP contribution in [0.2, 0.25) is 0 Å². The topological polar surface area (TPSA) is 40.5 Å². The monoisotopic (exact) mass is 241 g/mol. The van der Waals surface area contributed by atoms with E-state index in [1.807, 2.05) is 0 Å². The average Bonchev–Trinajstić information content (AvgIpc) is 2.53. The minimum atomic E-state index is -2.93. The molecule has 1 saturated heterocycles. The maximum atomic E-state index is 12.0. The van der Waals surface area contributed by atoms with E-state index < -0.39 is 49.1 Å². The van der Waals surface area contributed by atoms with E-state index in [1.54, 1.807) is 27.7 Å². The Morgan fingerprint density at radius 1 is 1.29 bits per heavy atom. The first kappa shape index (κ1) is 6.76. The lowest BCUT2D eigenvalue weighted by Crippen LogP contribution is -2.41. The third-order valence-electron chi connectivity index (χ3n) is 3.23. The SMILES string of the molecule is [2H]c1c(B2OC(C)(C)C(C)(C)O2)c([2H])n(C([2H])([2H])[2H])c(=O)c1[2H]. The Kier molecular flexibility index (Phi) is 1.48. The molecule has 0 saturated carbocycles. The van der Waals surface area contributed by atoms with E-state index in [0.29, 0.717) is 0 Å². The smallest absolute Gasteiger partial charge is 0.399 e. The zero-order chi connectivity index (χ0) is 18.0. The van der Waals surface area contributed by atoms with Crippen molar-refractivity contribution in [3.05, 3.63) is 28.6 Å². The lowest BCUT2D eigenvalue weighted by molar-refractivity contribution is 0.00578. The molecule has 1 aromatic rings. The van der Waals surface area contributed by atoms with Crippen LogP contribution in [0.5, 0.6) is 0 Å². The number of rotatable bonds is 1. The van der Waals surface area contributed by atoms with E-state index >= 15 is 0 Å². The van der Waals surface area contributed by atoms with Gasteiger partial charge in [0.05, 0.1) is 15.3 Å². The van der Waals surface area contributed by atoms with Crippen LogP contribution in [0, 0.1) is 0 Å². The molecule has 0 N–H and O–H groups in total. The molecule has 0 atom stereocenters. The van der Waals surface area contributed by atoms with Crippen molar-refractivity contribution in [1.82, 2.24) is 4.57 Å². The molecule has 0 aliphatic carbocycles. The van der Waals surface area contributed by atoms with Gasteiger partial charge in [-0.3, -0.25) is 4.79 Å². The summed E-state index contributed by atoms with van der Waals surface area (Å²) in [7, 11) is -1.20. The predicted molar refractivity (Wildman–Crippen MR) is 67.4 cm³/mol. The van der Waals surface area contributed by atoms with Gasteiger partial charge in [-0.1, -0.05) is 6.04 Å². The molecule has 0 radical (unpaired) electrons. The van der Waals surface area contributed by atoms with Crippen LogP contribution < -0.4 is 11.0 Å².